The number of para-hydroxylation sites is 2. The molecule has 0 unspecified atom stereocenters. The van der Waals surface area contributed by atoms with Gasteiger partial charge in [0.2, 0.25) is 0 Å². The van der Waals surface area contributed by atoms with Crippen LogP contribution in [0.3, 0.4) is 0 Å². The molecule has 2 aromatic carbocycles. The second kappa shape index (κ2) is 4.31. The van der Waals surface area contributed by atoms with E-state index in [0.29, 0.717) is 0 Å². The molecule has 2 aromatic rings. The summed E-state index contributed by atoms with van der Waals surface area (Å²) in [5.74, 6) is 1.87. The molecule has 3 rings (SSSR count). The summed E-state index contributed by atoms with van der Waals surface area (Å²) in [5, 5.41) is 0. The van der Waals surface area contributed by atoms with E-state index in [4.69, 9.17) is 4.74 Å². The van der Waals surface area contributed by atoms with Gasteiger partial charge in [0, 0.05) is 0 Å². The molecule has 68 valence electrons. The second-order valence-corrected chi connectivity index (χ2v) is 3.32. The number of ether oxygens (including phenoxy) is 1. The van der Waals surface area contributed by atoms with Crippen molar-refractivity contribution in [3.63, 3.8) is 0 Å². The zero-order valence-electron chi connectivity index (χ0n) is 8.60. The van der Waals surface area contributed by atoms with E-state index in [1.807, 2.05) is 36.4 Å². The first kappa shape index (κ1) is 10.6. The molecule has 1 aliphatic heterocycles. The van der Waals surface area contributed by atoms with Crippen LogP contribution in [0.1, 0.15) is 11.1 Å². The molecule has 0 aliphatic carbocycles. The van der Waals surface area contributed by atoms with E-state index in [2.05, 4.69) is 18.6 Å². The largest absolute Gasteiger partial charge is 1.00 e. The molecule has 0 atom stereocenters. The Hall–Kier alpha value is -0.890. The Morgan fingerprint density at radius 3 is 1.73 bits per heavy atom. The summed E-state index contributed by atoms with van der Waals surface area (Å²) in [6, 6.07) is 16.1. The van der Waals surface area contributed by atoms with E-state index >= 15 is 0 Å². The van der Waals surface area contributed by atoms with Gasteiger partial charge in [0.1, 0.15) is 0 Å². The van der Waals surface area contributed by atoms with Crippen molar-refractivity contribution in [1.82, 2.24) is 0 Å². The maximum Gasteiger partial charge on any atom is 1.00 e. The third-order valence-electron chi connectivity index (χ3n) is 2.37. The average Bonchev–Trinajstić information content (AvgIpc) is 2.26. The Morgan fingerprint density at radius 1 is 0.733 bits per heavy atom. The normalized spacial score (nSPS) is 11.2. The first-order valence-electron chi connectivity index (χ1n) is 4.64. The maximum absolute atomic E-state index is 5.75. The van der Waals surface area contributed by atoms with E-state index in [1.165, 1.54) is 0 Å². The van der Waals surface area contributed by atoms with Crippen LogP contribution >= 0.6 is 0 Å². The van der Waals surface area contributed by atoms with Crippen molar-refractivity contribution in [2.24, 2.45) is 0 Å². The van der Waals surface area contributed by atoms with Crippen molar-refractivity contribution in [3.8, 4) is 11.5 Å². The molecule has 1 heterocycles. The minimum atomic E-state index is 0. The number of rotatable bonds is 0. The summed E-state index contributed by atoms with van der Waals surface area (Å²) in [7, 11) is 0. The fourth-order valence-electron chi connectivity index (χ4n) is 1.67. The van der Waals surface area contributed by atoms with Gasteiger partial charge in [-0.1, -0.05) is 47.5 Å². The summed E-state index contributed by atoms with van der Waals surface area (Å²) in [4.78, 5) is 0. The van der Waals surface area contributed by atoms with Gasteiger partial charge < -0.3 is 4.74 Å². The Balaban J connectivity index is 0.000000853. The van der Waals surface area contributed by atoms with Crippen LogP contribution in [0.25, 0.3) is 0 Å². The van der Waals surface area contributed by atoms with E-state index in [1.54, 1.807) is 0 Å². The van der Waals surface area contributed by atoms with Gasteiger partial charge in [-0.3, -0.25) is 0 Å². The van der Waals surface area contributed by atoms with Gasteiger partial charge in [-0.15, -0.1) is 18.6 Å². The van der Waals surface area contributed by atoms with Gasteiger partial charge in [0.05, 0.1) is 11.5 Å². The van der Waals surface area contributed by atoms with Crippen LogP contribution in [-0.2, 0) is 0 Å². The molecule has 0 saturated heterocycles. The van der Waals surface area contributed by atoms with Crippen LogP contribution in [0.15, 0.2) is 48.5 Å². The summed E-state index contributed by atoms with van der Waals surface area (Å²) < 4.78 is 5.75. The van der Waals surface area contributed by atoms with Gasteiger partial charge in [0.15, 0.2) is 0 Å². The average molecular weight is 204 g/mol. The molecule has 0 amide bonds. The Labute approximate surface area is 111 Å². The van der Waals surface area contributed by atoms with Gasteiger partial charge >= 0.3 is 29.6 Å². The molecule has 0 N–H and O–H groups in total. The first-order chi connectivity index (χ1) is 6.93. The second-order valence-electron chi connectivity index (χ2n) is 3.32. The van der Waals surface area contributed by atoms with Crippen LogP contribution in [0.2, 0.25) is 0 Å². The zero-order chi connectivity index (χ0) is 9.38. The molecule has 1 nitrogen and oxygen atoms in total. The molecule has 0 bridgehead atoms. The summed E-state index contributed by atoms with van der Waals surface area (Å²) >= 11 is 0. The summed E-state index contributed by atoms with van der Waals surface area (Å²) in [6.07, 6.45) is 2.15. The molecular formula is C13H9NaO. The van der Waals surface area contributed by atoms with Crippen LogP contribution in [-0.4, -0.2) is 0 Å². The molecular weight excluding hydrogens is 195 g/mol. The standard InChI is InChI=1S/C13H9O.Na/c1-3-7-12-10(5-1)9-11-6-2-4-8-13(11)14-12;/h1-9H;/q-1;+1. The van der Waals surface area contributed by atoms with Crippen molar-refractivity contribution in [2.45, 2.75) is 0 Å². The maximum atomic E-state index is 5.75. The van der Waals surface area contributed by atoms with Crippen molar-refractivity contribution >= 4 is 0 Å². The third kappa shape index (κ3) is 1.91. The Bertz CT molecular complexity index is 392. The molecule has 2 heteroatoms. The van der Waals surface area contributed by atoms with Crippen LogP contribution < -0.4 is 34.3 Å². The van der Waals surface area contributed by atoms with Crippen molar-refractivity contribution < 1.29 is 34.3 Å². The van der Waals surface area contributed by atoms with Crippen LogP contribution in [0.5, 0.6) is 11.5 Å². The van der Waals surface area contributed by atoms with Gasteiger partial charge in [0.25, 0.3) is 0 Å². The molecule has 0 spiro atoms. The van der Waals surface area contributed by atoms with Gasteiger partial charge in [-0.05, 0) is 0 Å². The van der Waals surface area contributed by atoms with Crippen LogP contribution in [0, 0.1) is 6.42 Å². The van der Waals surface area contributed by atoms with Gasteiger partial charge in [-0.2, -0.15) is 0 Å². The van der Waals surface area contributed by atoms with E-state index in [-0.39, 0.29) is 29.6 Å². The quantitative estimate of drug-likeness (QED) is 0.380. The number of hydrogen-bond acceptors (Lipinski definition) is 1. The minimum Gasteiger partial charge on any atom is -0.527 e. The fraction of sp³-hybridized carbons (Fsp3) is 0. The molecule has 1 aliphatic rings. The number of benzene rings is 2. The predicted octanol–water partition coefficient (Wildman–Crippen LogP) is 0.397. The Morgan fingerprint density at radius 2 is 1.20 bits per heavy atom. The van der Waals surface area contributed by atoms with Gasteiger partial charge in [-0.25, -0.2) is 0 Å². The Kier molecular flexibility index (Phi) is 3.06. The smallest absolute Gasteiger partial charge is 0.527 e. The molecule has 0 saturated carbocycles. The molecule has 15 heavy (non-hydrogen) atoms. The topological polar surface area (TPSA) is 9.23 Å². The molecule has 0 radical (unpaired) electrons. The van der Waals surface area contributed by atoms with E-state index in [9.17, 15) is 0 Å². The SMILES string of the molecule is [Na+].c1ccc2c(c1)[CH-]c1ccccc1O2. The fourth-order valence-corrected chi connectivity index (χ4v) is 1.67. The monoisotopic (exact) mass is 204 g/mol. The van der Waals surface area contributed by atoms with E-state index < -0.39 is 0 Å². The van der Waals surface area contributed by atoms with Crippen molar-refractivity contribution in [2.75, 3.05) is 0 Å². The van der Waals surface area contributed by atoms with Crippen molar-refractivity contribution in [1.29, 1.82) is 0 Å². The summed E-state index contributed by atoms with van der Waals surface area (Å²) in [6.45, 7) is 0. The minimum absolute atomic E-state index is 0. The van der Waals surface area contributed by atoms with E-state index in [0.717, 1.165) is 22.6 Å². The van der Waals surface area contributed by atoms with Crippen molar-refractivity contribution in [3.05, 3.63) is 66.1 Å². The zero-order valence-corrected chi connectivity index (χ0v) is 10.6. The first-order valence-corrected chi connectivity index (χ1v) is 4.64. The predicted molar refractivity (Wildman–Crippen MR) is 55.5 cm³/mol. The molecule has 0 fully saturated rings. The molecule has 0 aromatic heterocycles. The number of fused-ring (bicyclic) bond motifs is 2. The van der Waals surface area contributed by atoms with Crippen LogP contribution in [0.4, 0.5) is 0 Å². The summed E-state index contributed by atoms with van der Waals surface area (Å²) in [5.41, 5.74) is 2.29. The number of hydrogen-bond donors (Lipinski definition) is 0. The third-order valence-corrected chi connectivity index (χ3v) is 2.37.